The summed E-state index contributed by atoms with van der Waals surface area (Å²) < 4.78 is 13.5. The molecule has 3 nitrogen and oxygen atoms in total. The van der Waals surface area contributed by atoms with Gasteiger partial charge >= 0.3 is 0 Å². The summed E-state index contributed by atoms with van der Waals surface area (Å²) in [5.74, 6) is -1.09. The highest BCUT2D eigenvalue weighted by Gasteiger charge is 2.17. The Morgan fingerprint density at radius 3 is 2.89 bits per heavy atom. The van der Waals surface area contributed by atoms with Crippen molar-refractivity contribution in [3.8, 4) is 0 Å². The third-order valence-electron chi connectivity index (χ3n) is 2.53. The van der Waals surface area contributed by atoms with E-state index in [0.717, 1.165) is 9.88 Å². The number of aryl methyl sites for hydroxylation is 1. The molecule has 1 aromatic carbocycles. The minimum absolute atomic E-state index is 0.0624. The fraction of sp³-hybridized carbons (Fsp3) is 0.231. The summed E-state index contributed by atoms with van der Waals surface area (Å²) >= 11 is 7.26. The largest absolute Gasteiger partial charge is 0.343 e. The van der Waals surface area contributed by atoms with E-state index in [9.17, 15) is 9.18 Å². The molecule has 2 rings (SSSR count). The maximum Gasteiger partial charge on any atom is 0.254 e. The number of hydrogen-bond donors (Lipinski definition) is 1. The molecule has 0 aliphatic rings. The normalized spacial score (nSPS) is 12.2. The number of amides is 1. The van der Waals surface area contributed by atoms with Gasteiger partial charge in [-0.05, 0) is 32.0 Å². The summed E-state index contributed by atoms with van der Waals surface area (Å²) in [7, 11) is 0. The Kier molecular flexibility index (Phi) is 4.17. The average Bonchev–Trinajstić information content (AvgIpc) is 2.79. The maximum absolute atomic E-state index is 13.5. The SMILES string of the molecule is Cc1cnc(C(C)NC(=O)c2cc(Cl)ccc2F)s1. The van der Waals surface area contributed by atoms with Gasteiger partial charge in [0.05, 0.1) is 11.6 Å². The molecule has 19 heavy (non-hydrogen) atoms. The Morgan fingerprint density at radius 2 is 2.26 bits per heavy atom. The minimum atomic E-state index is -0.593. The number of nitrogens with zero attached hydrogens (tertiary/aromatic N) is 1. The fourth-order valence-corrected chi connectivity index (χ4v) is 2.53. The lowest BCUT2D eigenvalue weighted by Crippen LogP contribution is -2.27. The Hall–Kier alpha value is -1.46. The van der Waals surface area contributed by atoms with Crippen LogP contribution in [-0.2, 0) is 0 Å². The van der Waals surface area contributed by atoms with Crippen molar-refractivity contribution in [1.29, 1.82) is 0 Å². The van der Waals surface area contributed by atoms with Gasteiger partial charge < -0.3 is 5.32 Å². The van der Waals surface area contributed by atoms with Crippen molar-refractivity contribution in [3.63, 3.8) is 0 Å². The number of aromatic nitrogens is 1. The first-order chi connectivity index (χ1) is 8.97. The van der Waals surface area contributed by atoms with Gasteiger partial charge in [-0.2, -0.15) is 0 Å². The zero-order chi connectivity index (χ0) is 14.0. The summed E-state index contributed by atoms with van der Waals surface area (Å²) in [6.45, 7) is 3.74. The number of halogens is 2. The van der Waals surface area contributed by atoms with Gasteiger partial charge in [0.15, 0.2) is 0 Å². The molecular weight excluding hydrogens is 287 g/mol. The third-order valence-corrected chi connectivity index (χ3v) is 3.86. The number of rotatable bonds is 3. The Bertz CT molecular complexity index is 614. The molecule has 0 bridgehead atoms. The second-order valence-electron chi connectivity index (χ2n) is 4.13. The maximum atomic E-state index is 13.5. The van der Waals surface area contributed by atoms with Crippen molar-refractivity contribution in [3.05, 3.63) is 50.7 Å². The molecule has 1 aromatic heterocycles. The predicted octanol–water partition coefficient (Wildman–Crippen LogP) is 3.74. The summed E-state index contributed by atoms with van der Waals surface area (Å²) in [5.41, 5.74) is -0.0624. The highest BCUT2D eigenvalue weighted by atomic mass is 35.5. The number of nitrogens with one attached hydrogen (secondary N) is 1. The third kappa shape index (κ3) is 3.30. The highest BCUT2D eigenvalue weighted by molar-refractivity contribution is 7.11. The van der Waals surface area contributed by atoms with Crippen LogP contribution >= 0.6 is 22.9 Å². The molecule has 0 fully saturated rings. The molecule has 1 atom stereocenters. The second-order valence-corrected chi connectivity index (χ2v) is 5.83. The van der Waals surface area contributed by atoms with Crippen LogP contribution in [0.3, 0.4) is 0 Å². The number of thiazole rings is 1. The molecule has 1 amide bonds. The zero-order valence-corrected chi connectivity index (χ0v) is 12.0. The van der Waals surface area contributed by atoms with Crippen molar-refractivity contribution in [2.75, 3.05) is 0 Å². The van der Waals surface area contributed by atoms with Gasteiger partial charge in [0, 0.05) is 16.1 Å². The van der Waals surface area contributed by atoms with Crippen molar-refractivity contribution >= 4 is 28.8 Å². The molecular formula is C13H12ClFN2OS. The molecule has 0 aliphatic carbocycles. The van der Waals surface area contributed by atoms with Crippen LogP contribution in [-0.4, -0.2) is 10.9 Å². The van der Waals surface area contributed by atoms with Gasteiger partial charge in [-0.3, -0.25) is 4.79 Å². The zero-order valence-electron chi connectivity index (χ0n) is 10.4. The monoisotopic (exact) mass is 298 g/mol. The molecule has 0 saturated heterocycles. The van der Waals surface area contributed by atoms with E-state index in [1.54, 1.807) is 13.1 Å². The predicted molar refractivity (Wildman–Crippen MR) is 74.1 cm³/mol. The van der Waals surface area contributed by atoms with Gasteiger partial charge in [0.25, 0.3) is 5.91 Å². The van der Waals surface area contributed by atoms with Crippen molar-refractivity contribution < 1.29 is 9.18 Å². The molecule has 0 saturated carbocycles. The molecule has 2 aromatic rings. The molecule has 100 valence electrons. The molecule has 0 spiro atoms. The van der Waals surface area contributed by atoms with Gasteiger partial charge in [0.1, 0.15) is 10.8 Å². The smallest absolute Gasteiger partial charge is 0.254 e. The van der Waals surface area contributed by atoms with Gasteiger partial charge in [0.2, 0.25) is 0 Å². The van der Waals surface area contributed by atoms with Crippen molar-refractivity contribution in [1.82, 2.24) is 10.3 Å². The van der Waals surface area contributed by atoms with E-state index in [2.05, 4.69) is 10.3 Å². The first kappa shape index (κ1) is 14.0. The summed E-state index contributed by atoms with van der Waals surface area (Å²) in [6.07, 6.45) is 1.74. The Balaban J connectivity index is 2.15. The quantitative estimate of drug-likeness (QED) is 0.938. The molecule has 1 heterocycles. The summed E-state index contributed by atoms with van der Waals surface area (Å²) in [4.78, 5) is 17.2. The highest BCUT2D eigenvalue weighted by Crippen LogP contribution is 2.20. The Labute approximate surface area is 119 Å². The first-order valence-corrected chi connectivity index (χ1v) is 6.85. The van der Waals surface area contributed by atoms with Gasteiger partial charge in [-0.1, -0.05) is 11.6 Å². The van der Waals surface area contributed by atoms with Crippen LogP contribution < -0.4 is 5.32 Å². The standard InChI is InChI=1S/C13H12ClFN2OS/c1-7-6-16-13(19-7)8(2)17-12(18)10-5-9(14)3-4-11(10)15/h3-6,8H,1-2H3,(H,17,18). The van der Waals surface area contributed by atoms with Gasteiger partial charge in [-0.15, -0.1) is 11.3 Å². The van der Waals surface area contributed by atoms with E-state index in [1.807, 2.05) is 6.92 Å². The molecule has 0 aliphatic heterocycles. The van der Waals surface area contributed by atoms with E-state index < -0.39 is 11.7 Å². The van der Waals surface area contributed by atoms with E-state index >= 15 is 0 Å². The fourth-order valence-electron chi connectivity index (χ4n) is 1.58. The number of benzene rings is 1. The number of hydrogen-bond acceptors (Lipinski definition) is 3. The average molecular weight is 299 g/mol. The lowest BCUT2D eigenvalue weighted by Gasteiger charge is -2.11. The summed E-state index contributed by atoms with van der Waals surface area (Å²) in [5, 5.41) is 3.81. The van der Waals surface area contributed by atoms with Gasteiger partial charge in [-0.25, -0.2) is 9.37 Å². The first-order valence-electron chi connectivity index (χ1n) is 5.65. The number of carbonyl (C=O) groups is 1. The molecule has 1 N–H and O–H groups in total. The second kappa shape index (κ2) is 5.67. The molecule has 1 unspecified atom stereocenters. The summed E-state index contributed by atoms with van der Waals surface area (Å²) in [6, 6.07) is 3.62. The molecule has 0 radical (unpaired) electrons. The Morgan fingerprint density at radius 1 is 1.53 bits per heavy atom. The van der Waals surface area contributed by atoms with E-state index in [0.29, 0.717) is 5.02 Å². The van der Waals surface area contributed by atoms with Crippen molar-refractivity contribution in [2.24, 2.45) is 0 Å². The number of carbonyl (C=O) groups excluding carboxylic acids is 1. The van der Waals surface area contributed by atoms with Crippen LogP contribution in [0.15, 0.2) is 24.4 Å². The van der Waals surface area contributed by atoms with E-state index in [1.165, 1.54) is 29.5 Å². The topological polar surface area (TPSA) is 42.0 Å². The van der Waals surface area contributed by atoms with Crippen LogP contribution in [0.5, 0.6) is 0 Å². The van der Waals surface area contributed by atoms with Crippen LogP contribution in [0, 0.1) is 12.7 Å². The van der Waals surface area contributed by atoms with Crippen LogP contribution in [0.2, 0.25) is 5.02 Å². The van der Waals surface area contributed by atoms with E-state index in [-0.39, 0.29) is 11.6 Å². The lowest BCUT2D eigenvalue weighted by molar-refractivity contribution is 0.0936. The van der Waals surface area contributed by atoms with E-state index in [4.69, 9.17) is 11.6 Å². The van der Waals surface area contributed by atoms with Crippen LogP contribution in [0.25, 0.3) is 0 Å². The van der Waals surface area contributed by atoms with Crippen LogP contribution in [0.4, 0.5) is 4.39 Å². The van der Waals surface area contributed by atoms with Crippen molar-refractivity contribution in [2.45, 2.75) is 19.9 Å². The minimum Gasteiger partial charge on any atom is -0.343 e. The van der Waals surface area contributed by atoms with Crippen LogP contribution in [0.1, 0.15) is 33.2 Å². The molecule has 6 heteroatoms. The lowest BCUT2D eigenvalue weighted by atomic mass is 10.2.